The number of likely N-dealkylation sites (tertiary alicyclic amines) is 1. The van der Waals surface area contributed by atoms with Gasteiger partial charge >= 0.3 is 0 Å². The Morgan fingerprint density at radius 1 is 0.868 bits per heavy atom. The number of hydrogen-bond donors (Lipinski definition) is 0. The number of methoxy groups -OCH3 is 2. The number of nitrogens with zero attached hydrogens (tertiary/aromatic N) is 4. The van der Waals surface area contributed by atoms with Gasteiger partial charge in [-0.05, 0) is 115 Å². The van der Waals surface area contributed by atoms with Crippen molar-refractivity contribution >= 4 is 11.4 Å². The minimum atomic E-state index is -0.213. The fraction of sp³-hybridized carbons (Fsp3) is 0.413. The fourth-order valence-corrected chi connectivity index (χ4v) is 7.60. The second-order valence-corrected chi connectivity index (χ2v) is 13.9. The van der Waals surface area contributed by atoms with Crippen molar-refractivity contribution in [2.75, 3.05) is 52.3 Å². The monoisotopic (exact) mass is 718 g/mol. The number of aryl methyl sites for hydroxylation is 1. The molecule has 0 unspecified atom stereocenters. The maximum atomic E-state index is 14.2. The second-order valence-electron chi connectivity index (χ2n) is 13.9. The average molecular weight is 719 g/mol. The van der Waals surface area contributed by atoms with Crippen molar-refractivity contribution < 1.29 is 13.9 Å². The van der Waals surface area contributed by atoms with E-state index in [0.29, 0.717) is 6.04 Å². The van der Waals surface area contributed by atoms with Crippen molar-refractivity contribution in [2.45, 2.75) is 78.8 Å². The molecule has 0 radical (unpaired) electrons. The van der Waals surface area contributed by atoms with Crippen molar-refractivity contribution in [1.82, 2.24) is 14.8 Å². The van der Waals surface area contributed by atoms with Crippen molar-refractivity contribution in [1.29, 1.82) is 0 Å². The zero-order chi connectivity index (χ0) is 37.7. The fourth-order valence-electron chi connectivity index (χ4n) is 7.60. The first-order valence-electron chi connectivity index (χ1n) is 19.5. The van der Waals surface area contributed by atoms with Crippen molar-refractivity contribution in [3.05, 3.63) is 125 Å². The first-order chi connectivity index (χ1) is 25.9. The molecular formula is C46H59FN4O2. The van der Waals surface area contributed by atoms with E-state index in [1.807, 2.05) is 38.2 Å². The van der Waals surface area contributed by atoms with Crippen molar-refractivity contribution in [3.63, 3.8) is 0 Å². The van der Waals surface area contributed by atoms with Gasteiger partial charge in [0.1, 0.15) is 17.3 Å². The summed E-state index contributed by atoms with van der Waals surface area (Å²) >= 11 is 0. The zero-order valence-corrected chi connectivity index (χ0v) is 33.0. The Morgan fingerprint density at radius 3 is 2.30 bits per heavy atom. The van der Waals surface area contributed by atoms with Crippen LogP contribution in [-0.2, 0) is 19.4 Å². The molecule has 0 aliphatic carbocycles. The number of rotatable bonds is 14. The summed E-state index contributed by atoms with van der Waals surface area (Å²) in [7, 11) is 5.55. The number of pyridine rings is 1. The predicted octanol–water partition coefficient (Wildman–Crippen LogP) is 10.2. The third-order valence-corrected chi connectivity index (χ3v) is 10.3. The normalized spacial score (nSPS) is 14.9. The van der Waals surface area contributed by atoms with Gasteiger partial charge in [-0.15, -0.1) is 0 Å². The van der Waals surface area contributed by atoms with E-state index in [-0.39, 0.29) is 5.82 Å². The predicted molar refractivity (Wildman–Crippen MR) is 219 cm³/mol. The number of halogens is 1. The van der Waals surface area contributed by atoms with E-state index < -0.39 is 0 Å². The third-order valence-electron chi connectivity index (χ3n) is 10.3. The maximum absolute atomic E-state index is 14.2. The highest BCUT2D eigenvalue weighted by molar-refractivity contribution is 5.69. The molecule has 0 bridgehead atoms. The van der Waals surface area contributed by atoms with Crippen LogP contribution in [0.2, 0.25) is 0 Å². The van der Waals surface area contributed by atoms with Crippen LogP contribution in [-0.4, -0.2) is 68.3 Å². The standard InChI is InChI=1S/C44H53FN4O2.C2H6/c1-6-9-34-27-36(29-44(51-5)41(34)10-7-2)42-25-32(17-21-46-42)30-48-23-19-39(20-24-48)49(38-13-15-40(50-4)16-14-38)31-33-18-22-47(3)43(26-33)35-11-8-12-37(45)28-35;1-2/h8,11-18,21,25-29,39H,6-7,9-10,19-20,22-24,30-31H2,1-5H3;1-2H3. The Kier molecular flexibility index (Phi) is 14.5. The molecule has 2 aliphatic heterocycles. The number of benzene rings is 3. The molecule has 7 heteroatoms. The Labute approximate surface area is 318 Å². The highest BCUT2D eigenvalue weighted by Crippen LogP contribution is 2.33. The molecule has 1 fully saturated rings. The average Bonchev–Trinajstić information content (AvgIpc) is 3.19. The molecule has 0 saturated carbocycles. The van der Waals surface area contributed by atoms with E-state index >= 15 is 0 Å². The van der Waals surface area contributed by atoms with E-state index in [1.165, 1.54) is 34.0 Å². The topological polar surface area (TPSA) is 41.1 Å². The lowest BCUT2D eigenvalue weighted by molar-refractivity contribution is 0.202. The molecule has 53 heavy (non-hydrogen) atoms. The highest BCUT2D eigenvalue weighted by atomic mass is 19.1. The molecule has 4 aromatic rings. The van der Waals surface area contributed by atoms with Crippen LogP contribution in [0.5, 0.6) is 11.5 Å². The summed E-state index contributed by atoms with van der Waals surface area (Å²) in [4.78, 5) is 12.1. The van der Waals surface area contributed by atoms with Gasteiger partial charge in [-0.25, -0.2) is 4.39 Å². The molecule has 282 valence electrons. The highest BCUT2D eigenvalue weighted by Gasteiger charge is 2.27. The number of ether oxygens (including phenoxy) is 2. The van der Waals surface area contributed by atoms with Gasteiger partial charge in [-0.3, -0.25) is 9.88 Å². The van der Waals surface area contributed by atoms with Crippen LogP contribution in [0.3, 0.4) is 0 Å². The molecule has 0 atom stereocenters. The molecule has 0 spiro atoms. The Morgan fingerprint density at radius 2 is 1.62 bits per heavy atom. The number of likely N-dealkylation sites (N-methyl/N-ethyl adjacent to an activating group) is 1. The first-order valence-corrected chi connectivity index (χ1v) is 19.5. The lowest BCUT2D eigenvalue weighted by Gasteiger charge is -2.40. The maximum Gasteiger partial charge on any atom is 0.123 e. The largest absolute Gasteiger partial charge is 0.497 e. The quantitative estimate of drug-likeness (QED) is 0.129. The summed E-state index contributed by atoms with van der Waals surface area (Å²) in [6, 6.07) is 24.6. The lowest BCUT2D eigenvalue weighted by atomic mass is 9.94. The summed E-state index contributed by atoms with van der Waals surface area (Å²) in [6.45, 7) is 13.0. The zero-order valence-electron chi connectivity index (χ0n) is 33.0. The van der Waals surface area contributed by atoms with Gasteiger partial charge in [-0.1, -0.05) is 58.7 Å². The molecule has 6 nitrogen and oxygen atoms in total. The van der Waals surface area contributed by atoms with E-state index in [9.17, 15) is 4.39 Å². The second kappa shape index (κ2) is 19.5. The number of piperidine rings is 1. The minimum absolute atomic E-state index is 0.213. The Hall–Kier alpha value is -4.62. The van der Waals surface area contributed by atoms with Gasteiger partial charge in [0.25, 0.3) is 0 Å². The van der Waals surface area contributed by atoms with Crippen LogP contribution >= 0.6 is 0 Å². The summed E-state index contributed by atoms with van der Waals surface area (Å²) < 4.78 is 25.5. The van der Waals surface area contributed by atoms with E-state index in [1.54, 1.807) is 26.4 Å². The first kappa shape index (κ1) is 39.6. The van der Waals surface area contributed by atoms with Crippen LogP contribution < -0.4 is 14.4 Å². The minimum Gasteiger partial charge on any atom is -0.497 e. The Bertz CT molecular complexity index is 1830. The summed E-state index contributed by atoms with van der Waals surface area (Å²) in [5, 5.41) is 0. The van der Waals surface area contributed by atoms with E-state index in [2.05, 4.69) is 84.1 Å². The van der Waals surface area contributed by atoms with Gasteiger partial charge in [0.2, 0.25) is 0 Å². The van der Waals surface area contributed by atoms with Crippen LogP contribution in [0.4, 0.5) is 10.1 Å². The summed E-state index contributed by atoms with van der Waals surface area (Å²) in [6.07, 6.45) is 12.9. The third kappa shape index (κ3) is 10.1. The SMILES string of the molecule is CC.CCCc1cc(-c2cc(CN3CCC(N(CC4=CCN(C)C(c5cccc(F)c5)=C4)c4ccc(OC)cc4)CC3)ccn2)cc(OC)c1CCC. The van der Waals surface area contributed by atoms with Gasteiger partial charge < -0.3 is 19.3 Å². The number of aromatic nitrogens is 1. The molecule has 1 aromatic heterocycles. The number of hydrogen-bond acceptors (Lipinski definition) is 6. The van der Waals surface area contributed by atoms with Gasteiger partial charge in [0.05, 0.1) is 19.9 Å². The molecule has 3 aromatic carbocycles. The van der Waals surface area contributed by atoms with Gasteiger partial charge in [0.15, 0.2) is 0 Å². The van der Waals surface area contributed by atoms with E-state index in [0.717, 1.165) is 105 Å². The molecule has 2 aliphatic rings. The Balaban J connectivity index is 0.00000266. The molecule has 6 rings (SSSR count). The molecule has 1 saturated heterocycles. The van der Waals surface area contributed by atoms with Crippen LogP contribution in [0.1, 0.15) is 75.6 Å². The number of anilines is 1. The van der Waals surface area contributed by atoms with Gasteiger partial charge in [-0.2, -0.15) is 0 Å². The van der Waals surface area contributed by atoms with Crippen molar-refractivity contribution in [2.24, 2.45) is 0 Å². The molecule has 3 heterocycles. The smallest absolute Gasteiger partial charge is 0.123 e. The summed E-state index contributed by atoms with van der Waals surface area (Å²) in [5.41, 5.74) is 10.5. The van der Waals surface area contributed by atoms with Crippen LogP contribution in [0.15, 0.2) is 96.7 Å². The van der Waals surface area contributed by atoms with Gasteiger partial charge in [0, 0.05) is 74.5 Å². The molecular weight excluding hydrogens is 660 g/mol. The lowest BCUT2D eigenvalue weighted by Crippen LogP contribution is -2.45. The summed E-state index contributed by atoms with van der Waals surface area (Å²) in [5.74, 6) is 1.62. The van der Waals surface area contributed by atoms with Crippen LogP contribution in [0, 0.1) is 5.82 Å². The van der Waals surface area contributed by atoms with E-state index in [4.69, 9.17) is 14.5 Å². The van der Waals surface area contributed by atoms with Crippen LogP contribution in [0.25, 0.3) is 17.0 Å². The molecule has 0 amide bonds. The molecule has 0 N–H and O–H groups in total. The van der Waals surface area contributed by atoms with Crippen molar-refractivity contribution in [3.8, 4) is 22.8 Å².